The molecule has 0 amide bonds. The van der Waals surface area contributed by atoms with Gasteiger partial charge in [0.1, 0.15) is 0 Å². The Morgan fingerprint density at radius 2 is 1.60 bits per heavy atom. The van der Waals surface area contributed by atoms with Gasteiger partial charge in [-0.1, -0.05) is 63.3 Å². The van der Waals surface area contributed by atoms with Gasteiger partial charge in [-0.05, 0) is 29.9 Å². The van der Waals surface area contributed by atoms with Crippen molar-refractivity contribution in [1.29, 1.82) is 0 Å². The Morgan fingerprint density at radius 3 is 2.40 bits per heavy atom. The van der Waals surface area contributed by atoms with Gasteiger partial charge in [0.05, 0.1) is 0 Å². The molecule has 0 spiro atoms. The molecule has 2 aromatic carbocycles. The van der Waals surface area contributed by atoms with Crippen molar-refractivity contribution < 1.29 is 0 Å². The molecule has 0 bridgehead atoms. The molecule has 0 fully saturated rings. The highest BCUT2D eigenvalue weighted by molar-refractivity contribution is 6.02. The van der Waals surface area contributed by atoms with Crippen LogP contribution < -0.4 is 11.5 Å². The van der Waals surface area contributed by atoms with E-state index in [2.05, 4.69) is 25.1 Å². The monoisotopic (exact) mass is 270 g/mol. The van der Waals surface area contributed by atoms with Gasteiger partial charge >= 0.3 is 0 Å². The van der Waals surface area contributed by atoms with E-state index in [1.165, 1.54) is 44.1 Å². The van der Waals surface area contributed by atoms with Crippen LogP contribution in [0.1, 0.15) is 51.0 Å². The predicted octanol–water partition coefficient (Wildman–Crippen LogP) is 4.91. The Balaban J connectivity index is 2.00. The first kappa shape index (κ1) is 14.7. The zero-order valence-corrected chi connectivity index (χ0v) is 12.5. The Kier molecular flexibility index (Phi) is 5.28. The summed E-state index contributed by atoms with van der Waals surface area (Å²) in [5.41, 5.74) is 15.3. The van der Waals surface area contributed by atoms with E-state index < -0.39 is 0 Å². The van der Waals surface area contributed by atoms with Crippen LogP contribution in [0.4, 0.5) is 11.4 Å². The molecule has 0 aliphatic rings. The van der Waals surface area contributed by atoms with E-state index in [0.717, 1.165) is 28.6 Å². The van der Waals surface area contributed by atoms with Crippen molar-refractivity contribution in [2.24, 2.45) is 0 Å². The van der Waals surface area contributed by atoms with Gasteiger partial charge in [0.15, 0.2) is 0 Å². The van der Waals surface area contributed by atoms with E-state index in [0.29, 0.717) is 0 Å². The number of fused-ring (bicyclic) bond motifs is 1. The second-order valence-electron chi connectivity index (χ2n) is 5.60. The third-order valence-electron chi connectivity index (χ3n) is 4.01. The molecule has 0 radical (unpaired) electrons. The van der Waals surface area contributed by atoms with Crippen LogP contribution in [0.25, 0.3) is 10.8 Å². The molecule has 0 saturated carbocycles. The molecular weight excluding hydrogens is 244 g/mol. The summed E-state index contributed by atoms with van der Waals surface area (Å²) in [7, 11) is 0. The largest absolute Gasteiger partial charge is 0.398 e. The van der Waals surface area contributed by atoms with E-state index in [1.54, 1.807) is 0 Å². The van der Waals surface area contributed by atoms with Crippen LogP contribution in [0.15, 0.2) is 30.3 Å². The van der Waals surface area contributed by atoms with E-state index in [-0.39, 0.29) is 0 Å². The highest BCUT2D eigenvalue weighted by atomic mass is 14.6. The second kappa shape index (κ2) is 7.18. The lowest BCUT2D eigenvalue weighted by Gasteiger charge is -2.11. The lowest BCUT2D eigenvalue weighted by Crippen LogP contribution is -1.98. The molecule has 2 nitrogen and oxygen atoms in total. The minimum atomic E-state index is 0.782. The third kappa shape index (κ3) is 3.44. The molecule has 108 valence electrons. The maximum Gasteiger partial charge on any atom is 0.0447 e. The summed E-state index contributed by atoms with van der Waals surface area (Å²) in [5, 5.41) is 2.16. The van der Waals surface area contributed by atoms with E-state index >= 15 is 0 Å². The summed E-state index contributed by atoms with van der Waals surface area (Å²) in [6.45, 7) is 2.25. The molecule has 2 aromatic rings. The maximum absolute atomic E-state index is 6.30. The second-order valence-corrected chi connectivity index (χ2v) is 5.60. The highest BCUT2D eigenvalue weighted by Crippen LogP contribution is 2.30. The average Bonchev–Trinajstić information content (AvgIpc) is 2.45. The normalized spacial score (nSPS) is 11.1. The molecule has 20 heavy (non-hydrogen) atoms. The number of nitrogen functional groups attached to an aromatic ring is 2. The number of hydrogen-bond donors (Lipinski definition) is 2. The van der Waals surface area contributed by atoms with E-state index in [1.807, 2.05) is 12.1 Å². The first-order valence-electron chi connectivity index (χ1n) is 7.79. The van der Waals surface area contributed by atoms with Gasteiger partial charge in [0, 0.05) is 16.8 Å². The van der Waals surface area contributed by atoms with E-state index in [9.17, 15) is 0 Å². The van der Waals surface area contributed by atoms with Crippen LogP contribution >= 0.6 is 0 Å². The van der Waals surface area contributed by atoms with Crippen molar-refractivity contribution >= 4 is 22.1 Å². The zero-order valence-electron chi connectivity index (χ0n) is 12.5. The third-order valence-corrected chi connectivity index (χ3v) is 4.01. The number of aryl methyl sites for hydroxylation is 1. The molecule has 0 aliphatic carbocycles. The Labute approximate surface area is 122 Å². The van der Waals surface area contributed by atoms with Crippen LogP contribution in [0.2, 0.25) is 0 Å². The van der Waals surface area contributed by atoms with Gasteiger partial charge in [0.25, 0.3) is 0 Å². The number of nitrogens with two attached hydrogens (primary N) is 2. The summed E-state index contributed by atoms with van der Waals surface area (Å²) in [6.07, 6.45) is 8.92. The van der Waals surface area contributed by atoms with E-state index in [4.69, 9.17) is 11.5 Å². The fourth-order valence-corrected chi connectivity index (χ4v) is 2.79. The minimum Gasteiger partial charge on any atom is -0.398 e. The van der Waals surface area contributed by atoms with Crippen LogP contribution in [-0.4, -0.2) is 0 Å². The Bertz CT molecular complexity index is 561. The van der Waals surface area contributed by atoms with Gasteiger partial charge in [-0.2, -0.15) is 0 Å². The molecule has 0 aromatic heterocycles. The van der Waals surface area contributed by atoms with Crippen LogP contribution in [0.5, 0.6) is 0 Å². The van der Waals surface area contributed by atoms with Crippen molar-refractivity contribution in [1.82, 2.24) is 0 Å². The number of benzene rings is 2. The number of hydrogen-bond acceptors (Lipinski definition) is 2. The summed E-state index contributed by atoms with van der Waals surface area (Å²) in [4.78, 5) is 0. The zero-order chi connectivity index (χ0) is 14.4. The standard InChI is InChI=1S/C18H26N2/c1-2-3-4-5-6-7-9-15-13-12-14-10-8-11-16(19)17(14)18(15)20/h8,10-13H,2-7,9,19-20H2,1H3. The number of rotatable bonds is 7. The van der Waals surface area contributed by atoms with Crippen LogP contribution in [-0.2, 0) is 6.42 Å². The topological polar surface area (TPSA) is 52.0 Å². The predicted molar refractivity (Wildman–Crippen MR) is 89.9 cm³/mol. The molecular formula is C18H26N2. The fraction of sp³-hybridized carbons (Fsp3) is 0.444. The lowest BCUT2D eigenvalue weighted by atomic mass is 9.98. The number of unbranched alkanes of at least 4 members (excludes halogenated alkanes) is 5. The van der Waals surface area contributed by atoms with Crippen LogP contribution in [0, 0.1) is 0 Å². The molecule has 2 heteroatoms. The number of anilines is 2. The van der Waals surface area contributed by atoms with Crippen molar-refractivity contribution in [2.75, 3.05) is 11.5 Å². The molecule has 0 aliphatic heterocycles. The fourth-order valence-electron chi connectivity index (χ4n) is 2.79. The minimum absolute atomic E-state index is 0.782. The summed E-state index contributed by atoms with van der Waals surface area (Å²) in [5.74, 6) is 0. The van der Waals surface area contributed by atoms with Crippen molar-refractivity contribution in [3.05, 3.63) is 35.9 Å². The molecule has 0 saturated heterocycles. The summed E-state index contributed by atoms with van der Waals surface area (Å²) < 4.78 is 0. The molecule has 4 N–H and O–H groups in total. The van der Waals surface area contributed by atoms with Gasteiger partial charge in [-0.15, -0.1) is 0 Å². The van der Waals surface area contributed by atoms with Crippen molar-refractivity contribution in [3.8, 4) is 0 Å². The van der Waals surface area contributed by atoms with Gasteiger partial charge in [-0.25, -0.2) is 0 Å². The van der Waals surface area contributed by atoms with Crippen LogP contribution in [0.3, 0.4) is 0 Å². The summed E-state index contributed by atoms with van der Waals surface area (Å²) >= 11 is 0. The first-order chi connectivity index (χ1) is 9.74. The average molecular weight is 270 g/mol. The molecule has 0 heterocycles. The van der Waals surface area contributed by atoms with Gasteiger partial charge in [0.2, 0.25) is 0 Å². The molecule has 0 atom stereocenters. The lowest BCUT2D eigenvalue weighted by molar-refractivity contribution is 0.608. The Morgan fingerprint density at radius 1 is 0.850 bits per heavy atom. The first-order valence-corrected chi connectivity index (χ1v) is 7.79. The summed E-state index contributed by atoms with van der Waals surface area (Å²) in [6, 6.07) is 10.3. The SMILES string of the molecule is CCCCCCCCc1ccc2cccc(N)c2c1N. The van der Waals surface area contributed by atoms with Crippen molar-refractivity contribution in [2.45, 2.75) is 51.9 Å². The van der Waals surface area contributed by atoms with Gasteiger partial charge in [-0.3, -0.25) is 0 Å². The quantitative estimate of drug-likeness (QED) is 0.555. The highest BCUT2D eigenvalue weighted by Gasteiger charge is 2.06. The maximum atomic E-state index is 6.30. The van der Waals surface area contributed by atoms with Crippen molar-refractivity contribution in [3.63, 3.8) is 0 Å². The smallest absolute Gasteiger partial charge is 0.0447 e. The molecule has 0 unspecified atom stereocenters. The molecule has 2 rings (SSSR count). The Hall–Kier alpha value is -1.70. The van der Waals surface area contributed by atoms with Gasteiger partial charge < -0.3 is 11.5 Å².